The van der Waals surface area contributed by atoms with Gasteiger partial charge < -0.3 is 4.52 Å². The number of rotatable bonds is 6. The van der Waals surface area contributed by atoms with Crippen molar-refractivity contribution in [1.29, 1.82) is 0 Å². The van der Waals surface area contributed by atoms with E-state index in [-0.39, 0.29) is 0 Å². The predicted octanol–water partition coefficient (Wildman–Crippen LogP) is 5.84. The fourth-order valence-electron chi connectivity index (χ4n) is 3.92. The van der Waals surface area contributed by atoms with E-state index in [4.69, 9.17) is 4.52 Å². The third-order valence-corrected chi connectivity index (χ3v) is 5.48. The van der Waals surface area contributed by atoms with E-state index >= 15 is 0 Å². The number of benzene rings is 1. The van der Waals surface area contributed by atoms with Crippen molar-refractivity contribution < 1.29 is 4.52 Å². The van der Waals surface area contributed by atoms with Crippen LogP contribution < -0.4 is 0 Å². The first-order valence-corrected chi connectivity index (χ1v) is 9.80. The minimum atomic E-state index is 0.775. The van der Waals surface area contributed by atoms with Gasteiger partial charge in [-0.15, -0.1) is 0 Å². The van der Waals surface area contributed by atoms with Crippen LogP contribution in [0.2, 0.25) is 0 Å². The van der Waals surface area contributed by atoms with Gasteiger partial charge in [0.1, 0.15) is 0 Å². The Labute approximate surface area is 155 Å². The molecule has 0 atom stereocenters. The average molecular weight is 346 g/mol. The minimum absolute atomic E-state index is 0.775. The standard InChI is InChI=1S/C23H26N2O/c1-2-5-18(6-3-1)8-9-19-10-12-20(13-11-19)15-22-16-23(26-25-22)21-7-4-14-24-17-21/h4,7,10-14,16-18H,1-3,5-6,8-9,15H2. The number of pyridine rings is 1. The largest absolute Gasteiger partial charge is 0.356 e. The monoisotopic (exact) mass is 346 g/mol. The summed E-state index contributed by atoms with van der Waals surface area (Å²) >= 11 is 0. The lowest BCUT2D eigenvalue weighted by atomic mass is 9.85. The van der Waals surface area contributed by atoms with Gasteiger partial charge in [-0.25, -0.2) is 0 Å². The zero-order valence-electron chi connectivity index (χ0n) is 15.2. The molecule has 3 nitrogen and oxygen atoms in total. The summed E-state index contributed by atoms with van der Waals surface area (Å²) in [6.07, 6.45) is 14.1. The zero-order valence-corrected chi connectivity index (χ0v) is 15.2. The second-order valence-electron chi connectivity index (χ2n) is 7.46. The quantitative estimate of drug-likeness (QED) is 0.563. The van der Waals surface area contributed by atoms with Gasteiger partial charge >= 0.3 is 0 Å². The number of aryl methyl sites for hydroxylation is 1. The Morgan fingerprint density at radius 1 is 0.962 bits per heavy atom. The highest BCUT2D eigenvalue weighted by molar-refractivity contribution is 5.55. The predicted molar refractivity (Wildman–Crippen MR) is 104 cm³/mol. The Kier molecular flexibility index (Phi) is 5.44. The summed E-state index contributed by atoms with van der Waals surface area (Å²) in [6, 6.07) is 14.9. The second kappa shape index (κ2) is 8.31. The molecule has 0 aliphatic heterocycles. The summed E-state index contributed by atoms with van der Waals surface area (Å²) in [4.78, 5) is 4.13. The Morgan fingerprint density at radius 2 is 1.77 bits per heavy atom. The van der Waals surface area contributed by atoms with Crippen LogP contribution in [0.4, 0.5) is 0 Å². The van der Waals surface area contributed by atoms with Gasteiger partial charge in [-0.2, -0.15) is 0 Å². The van der Waals surface area contributed by atoms with Crippen LogP contribution >= 0.6 is 0 Å². The highest BCUT2D eigenvalue weighted by atomic mass is 16.5. The molecule has 2 heterocycles. The van der Waals surface area contributed by atoms with Crippen molar-refractivity contribution in [1.82, 2.24) is 10.1 Å². The first-order valence-electron chi connectivity index (χ1n) is 9.80. The molecule has 0 spiro atoms. The maximum Gasteiger partial charge on any atom is 0.168 e. The summed E-state index contributed by atoms with van der Waals surface area (Å²) in [7, 11) is 0. The van der Waals surface area contributed by atoms with Crippen molar-refractivity contribution in [3.05, 3.63) is 71.7 Å². The van der Waals surface area contributed by atoms with Gasteiger partial charge in [-0.05, 0) is 42.0 Å². The van der Waals surface area contributed by atoms with Gasteiger partial charge in [0.15, 0.2) is 5.76 Å². The molecule has 0 saturated heterocycles. The number of nitrogens with zero attached hydrogens (tertiary/aromatic N) is 2. The average Bonchev–Trinajstić information content (AvgIpc) is 3.17. The van der Waals surface area contributed by atoms with Crippen LogP contribution in [-0.4, -0.2) is 10.1 Å². The Hall–Kier alpha value is -2.42. The fraction of sp³-hybridized carbons (Fsp3) is 0.391. The highest BCUT2D eigenvalue weighted by Gasteiger charge is 2.13. The van der Waals surface area contributed by atoms with Crippen LogP contribution in [0.15, 0.2) is 59.4 Å². The van der Waals surface area contributed by atoms with Gasteiger partial charge in [0, 0.05) is 30.4 Å². The molecule has 0 radical (unpaired) electrons. The number of hydrogen-bond acceptors (Lipinski definition) is 3. The molecule has 0 unspecified atom stereocenters. The van der Waals surface area contributed by atoms with Crippen molar-refractivity contribution >= 4 is 0 Å². The Bertz CT molecular complexity index is 802. The van der Waals surface area contributed by atoms with E-state index in [0.717, 1.165) is 29.4 Å². The van der Waals surface area contributed by atoms with Crippen molar-refractivity contribution in [3.8, 4) is 11.3 Å². The first kappa shape index (κ1) is 17.0. The lowest BCUT2D eigenvalue weighted by molar-refractivity contribution is 0.339. The van der Waals surface area contributed by atoms with Crippen LogP contribution in [0, 0.1) is 5.92 Å². The molecule has 1 aliphatic rings. The Balaban J connectivity index is 1.33. The molecule has 0 amide bonds. The molecular weight excluding hydrogens is 320 g/mol. The first-order chi connectivity index (χ1) is 12.9. The van der Waals surface area contributed by atoms with Crippen molar-refractivity contribution in [2.24, 2.45) is 5.92 Å². The van der Waals surface area contributed by atoms with Gasteiger partial charge in [-0.1, -0.05) is 61.5 Å². The normalized spacial score (nSPS) is 15.2. The van der Waals surface area contributed by atoms with Crippen LogP contribution in [0.1, 0.15) is 55.3 Å². The third kappa shape index (κ3) is 4.40. The van der Waals surface area contributed by atoms with E-state index in [2.05, 4.69) is 34.4 Å². The molecule has 134 valence electrons. The van der Waals surface area contributed by atoms with Crippen molar-refractivity contribution in [3.63, 3.8) is 0 Å². The SMILES string of the molecule is c1cncc(-c2cc(Cc3ccc(CCC4CCCCC4)cc3)no2)c1. The molecule has 2 aromatic heterocycles. The molecule has 3 aromatic rings. The van der Waals surface area contributed by atoms with Crippen molar-refractivity contribution in [2.75, 3.05) is 0 Å². The minimum Gasteiger partial charge on any atom is -0.356 e. The van der Waals surface area contributed by atoms with Crippen LogP contribution in [0.25, 0.3) is 11.3 Å². The third-order valence-electron chi connectivity index (χ3n) is 5.48. The van der Waals surface area contributed by atoms with Crippen LogP contribution in [0.5, 0.6) is 0 Å². The van der Waals surface area contributed by atoms with E-state index < -0.39 is 0 Å². The maximum atomic E-state index is 5.46. The van der Waals surface area contributed by atoms with E-state index in [1.54, 1.807) is 12.4 Å². The fourth-order valence-corrected chi connectivity index (χ4v) is 3.92. The number of hydrogen-bond donors (Lipinski definition) is 0. The molecule has 0 N–H and O–H groups in total. The van der Waals surface area contributed by atoms with Crippen molar-refractivity contribution in [2.45, 2.75) is 51.4 Å². The number of aromatic nitrogens is 2. The molecule has 4 rings (SSSR count). The molecule has 1 saturated carbocycles. The summed E-state index contributed by atoms with van der Waals surface area (Å²) < 4.78 is 5.46. The summed E-state index contributed by atoms with van der Waals surface area (Å²) in [5.41, 5.74) is 4.65. The topological polar surface area (TPSA) is 38.9 Å². The van der Waals surface area contributed by atoms with Gasteiger partial charge in [0.2, 0.25) is 0 Å². The second-order valence-corrected chi connectivity index (χ2v) is 7.46. The van der Waals surface area contributed by atoms with E-state index in [1.807, 2.05) is 18.2 Å². The van der Waals surface area contributed by atoms with E-state index in [1.165, 1.54) is 56.1 Å². The van der Waals surface area contributed by atoms with E-state index in [0.29, 0.717) is 0 Å². The smallest absolute Gasteiger partial charge is 0.168 e. The molecule has 0 bridgehead atoms. The molecule has 1 fully saturated rings. The van der Waals surface area contributed by atoms with Crippen LogP contribution in [-0.2, 0) is 12.8 Å². The molecule has 1 aliphatic carbocycles. The molecule has 26 heavy (non-hydrogen) atoms. The summed E-state index contributed by atoms with van der Waals surface area (Å²) in [5, 5.41) is 4.21. The summed E-state index contributed by atoms with van der Waals surface area (Å²) in [6.45, 7) is 0. The maximum absolute atomic E-state index is 5.46. The lowest BCUT2D eigenvalue weighted by Crippen LogP contribution is -2.07. The highest BCUT2D eigenvalue weighted by Crippen LogP contribution is 2.27. The van der Waals surface area contributed by atoms with E-state index in [9.17, 15) is 0 Å². The molecular formula is C23H26N2O. The van der Waals surface area contributed by atoms with Gasteiger partial charge in [0.05, 0.1) is 5.69 Å². The lowest BCUT2D eigenvalue weighted by Gasteiger charge is -2.21. The molecule has 1 aromatic carbocycles. The molecule has 3 heteroatoms. The van der Waals surface area contributed by atoms with Gasteiger partial charge in [0.25, 0.3) is 0 Å². The Morgan fingerprint density at radius 3 is 2.54 bits per heavy atom. The summed E-state index contributed by atoms with van der Waals surface area (Å²) in [5.74, 6) is 1.72. The van der Waals surface area contributed by atoms with Gasteiger partial charge in [-0.3, -0.25) is 4.98 Å². The zero-order chi connectivity index (χ0) is 17.6. The van der Waals surface area contributed by atoms with Crippen LogP contribution in [0.3, 0.4) is 0 Å².